The Morgan fingerprint density at radius 1 is 1.19 bits per heavy atom. The normalized spacial score (nSPS) is 11.8. The fourth-order valence-electron chi connectivity index (χ4n) is 2.94. The molecule has 168 valence electrons. The highest BCUT2D eigenvalue weighted by Crippen LogP contribution is 2.28. The maximum Gasteiger partial charge on any atom is 0.261 e. The molecule has 0 unspecified atom stereocenters. The van der Waals surface area contributed by atoms with Gasteiger partial charge in [0.25, 0.3) is 5.91 Å². The van der Waals surface area contributed by atoms with E-state index in [-0.39, 0.29) is 36.7 Å². The zero-order valence-electron chi connectivity index (χ0n) is 17.8. The summed E-state index contributed by atoms with van der Waals surface area (Å²) >= 11 is 9.31. The third kappa shape index (κ3) is 7.82. The van der Waals surface area contributed by atoms with Crippen molar-refractivity contribution in [2.45, 2.75) is 39.8 Å². The molecule has 0 aromatic heterocycles. The van der Waals surface area contributed by atoms with Crippen LogP contribution in [0.2, 0.25) is 5.02 Å². The van der Waals surface area contributed by atoms with Crippen molar-refractivity contribution in [3.8, 4) is 5.75 Å². The van der Waals surface area contributed by atoms with Crippen LogP contribution >= 0.6 is 27.5 Å². The van der Waals surface area contributed by atoms with E-state index in [1.54, 1.807) is 30.3 Å². The summed E-state index contributed by atoms with van der Waals surface area (Å²) in [6.07, 6.45) is 0.432. The standard InChI is InChI=1S/C23H27BrClFN2O3/c1-4-20(23(30)27-12-15(2)3)28(13-16-5-8-18(26)9-6-16)22(29)14-31-21-10-7-17(25)11-19(21)24/h5-11,15,20H,4,12-14H2,1-3H3,(H,27,30)/t20-/m0/s1. The first-order valence-corrected chi connectivity index (χ1v) is 11.3. The van der Waals surface area contributed by atoms with Gasteiger partial charge in [-0.25, -0.2) is 4.39 Å². The second-order valence-corrected chi connectivity index (χ2v) is 8.87. The minimum absolute atomic E-state index is 0.165. The number of carbonyl (C=O) groups is 2. The first kappa shape index (κ1) is 25.1. The first-order chi connectivity index (χ1) is 14.7. The Labute approximate surface area is 196 Å². The Balaban J connectivity index is 2.20. The van der Waals surface area contributed by atoms with Gasteiger partial charge in [0, 0.05) is 18.1 Å². The minimum Gasteiger partial charge on any atom is -0.483 e. The highest BCUT2D eigenvalue weighted by molar-refractivity contribution is 9.10. The summed E-state index contributed by atoms with van der Waals surface area (Å²) in [4.78, 5) is 27.4. The number of hydrogen-bond acceptors (Lipinski definition) is 3. The van der Waals surface area contributed by atoms with Crippen LogP contribution in [0.4, 0.5) is 4.39 Å². The molecule has 0 radical (unpaired) electrons. The summed E-state index contributed by atoms with van der Waals surface area (Å²) < 4.78 is 19.6. The van der Waals surface area contributed by atoms with Crippen molar-refractivity contribution in [1.29, 1.82) is 0 Å². The molecule has 0 aliphatic heterocycles. The number of amides is 2. The quantitative estimate of drug-likeness (QED) is 0.475. The van der Waals surface area contributed by atoms with Gasteiger partial charge < -0.3 is 15.0 Å². The Hall–Kier alpha value is -2.12. The van der Waals surface area contributed by atoms with Crippen LogP contribution in [0.5, 0.6) is 5.75 Å². The van der Waals surface area contributed by atoms with Gasteiger partial charge in [-0.2, -0.15) is 0 Å². The molecule has 5 nitrogen and oxygen atoms in total. The molecular weight excluding hydrogens is 487 g/mol. The van der Waals surface area contributed by atoms with E-state index in [9.17, 15) is 14.0 Å². The summed E-state index contributed by atoms with van der Waals surface area (Å²) in [7, 11) is 0. The van der Waals surface area contributed by atoms with Crippen molar-refractivity contribution < 1.29 is 18.7 Å². The number of hydrogen-bond donors (Lipinski definition) is 1. The van der Waals surface area contributed by atoms with E-state index in [1.807, 2.05) is 20.8 Å². The Kier molecular flexibility index (Phi) is 9.78. The van der Waals surface area contributed by atoms with Crippen LogP contribution in [0.25, 0.3) is 0 Å². The van der Waals surface area contributed by atoms with E-state index in [2.05, 4.69) is 21.2 Å². The molecule has 2 amide bonds. The van der Waals surface area contributed by atoms with Gasteiger partial charge in [0.2, 0.25) is 5.91 Å². The summed E-state index contributed by atoms with van der Waals surface area (Å²) in [5, 5.41) is 3.43. The van der Waals surface area contributed by atoms with Crippen molar-refractivity contribution in [1.82, 2.24) is 10.2 Å². The highest BCUT2D eigenvalue weighted by atomic mass is 79.9. The van der Waals surface area contributed by atoms with Crippen molar-refractivity contribution in [2.75, 3.05) is 13.2 Å². The molecule has 2 aromatic rings. The number of nitrogens with one attached hydrogen (secondary N) is 1. The molecule has 0 heterocycles. The van der Waals surface area contributed by atoms with Gasteiger partial charge in [-0.05, 0) is 64.2 Å². The van der Waals surface area contributed by atoms with E-state index in [0.717, 1.165) is 5.56 Å². The maximum absolute atomic E-state index is 13.3. The number of carbonyl (C=O) groups excluding carboxylic acids is 2. The second kappa shape index (κ2) is 12.1. The van der Waals surface area contributed by atoms with Gasteiger partial charge in [0.15, 0.2) is 6.61 Å². The SMILES string of the molecule is CC[C@@H](C(=O)NCC(C)C)N(Cc1ccc(F)cc1)C(=O)COc1ccc(Cl)cc1Br. The fourth-order valence-corrected chi connectivity index (χ4v) is 3.74. The average Bonchev–Trinajstić information content (AvgIpc) is 2.72. The van der Waals surface area contributed by atoms with Crippen LogP contribution in [0, 0.1) is 11.7 Å². The highest BCUT2D eigenvalue weighted by Gasteiger charge is 2.29. The number of nitrogens with zero attached hydrogens (tertiary/aromatic N) is 1. The number of benzene rings is 2. The molecule has 0 saturated carbocycles. The van der Waals surface area contributed by atoms with Gasteiger partial charge >= 0.3 is 0 Å². The van der Waals surface area contributed by atoms with Crippen molar-refractivity contribution in [3.05, 3.63) is 63.3 Å². The fraction of sp³-hybridized carbons (Fsp3) is 0.391. The lowest BCUT2D eigenvalue weighted by Gasteiger charge is -2.31. The number of halogens is 3. The van der Waals surface area contributed by atoms with E-state index >= 15 is 0 Å². The van der Waals surface area contributed by atoms with Gasteiger partial charge in [-0.3, -0.25) is 9.59 Å². The third-order valence-corrected chi connectivity index (χ3v) is 5.44. The lowest BCUT2D eigenvalue weighted by molar-refractivity contribution is -0.143. The van der Waals surface area contributed by atoms with Gasteiger partial charge in [-0.1, -0.05) is 44.5 Å². The van der Waals surface area contributed by atoms with Gasteiger partial charge in [-0.15, -0.1) is 0 Å². The minimum atomic E-state index is -0.673. The Morgan fingerprint density at radius 2 is 1.87 bits per heavy atom. The molecule has 0 fully saturated rings. The van der Waals surface area contributed by atoms with E-state index in [1.165, 1.54) is 17.0 Å². The van der Waals surface area contributed by atoms with Crippen LogP contribution in [0.3, 0.4) is 0 Å². The molecule has 0 saturated heterocycles. The van der Waals surface area contributed by atoms with Crippen molar-refractivity contribution >= 4 is 39.3 Å². The van der Waals surface area contributed by atoms with Crippen LogP contribution in [-0.4, -0.2) is 35.9 Å². The maximum atomic E-state index is 13.3. The van der Waals surface area contributed by atoms with E-state index in [0.29, 0.717) is 28.2 Å². The molecule has 0 aliphatic rings. The van der Waals surface area contributed by atoms with E-state index < -0.39 is 6.04 Å². The summed E-state index contributed by atoms with van der Waals surface area (Å²) in [5.74, 6) is -0.179. The first-order valence-electron chi connectivity index (χ1n) is 10.1. The van der Waals surface area contributed by atoms with E-state index in [4.69, 9.17) is 16.3 Å². The molecule has 8 heteroatoms. The summed E-state index contributed by atoms with van der Waals surface area (Å²) in [6.45, 7) is 6.28. The predicted molar refractivity (Wildman–Crippen MR) is 124 cm³/mol. The topological polar surface area (TPSA) is 58.6 Å². The van der Waals surface area contributed by atoms with Crippen LogP contribution in [0.15, 0.2) is 46.9 Å². The molecule has 1 atom stereocenters. The molecule has 1 N–H and O–H groups in total. The zero-order chi connectivity index (χ0) is 23.0. The molecule has 0 bridgehead atoms. The monoisotopic (exact) mass is 512 g/mol. The second-order valence-electron chi connectivity index (χ2n) is 7.57. The summed E-state index contributed by atoms with van der Waals surface area (Å²) in [5.41, 5.74) is 0.720. The Morgan fingerprint density at radius 3 is 2.45 bits per heavy atom. The third-order valence-electron chi connectivity index (χ3n) is 4.58. The molecule has 0 spiro atoms. The lowest BCUT2D eigenvalue weighted by atomic mass is 10.1. The molecule has 2 aromatic carbocycles. The largest absolute Gasteiger partial charge is 0.483 e. The molecular formula is C23H27BrClFN2O3. The smallest absolute Gasteiger partial charge is 0.261 e. The van der Waals surface area contributed by atoms with Crippen molar-refractivity contribution in [3.63, 3.8) is 0 Å². The number of rotatable bonds is 10. The van der Waals surface area contributed by atoms with Gasteiger partial charge in [0.05, 0.1) is 4.47 Å². The van der Waals surface area contributed by atoms with Crippen LogP contribution in [0.1, 0.15) is 32.8 Å². The van der Waals surface area contributed by atoms with Crippen LogP contribution < -0.4 is 10.1 Å². The van der Waals surface area contributed by atoms with Crippen molar-refractivity contribution in [2.24, 2.45) is 5.92 Å². The molecule has 2 rings (SSSR count). The van der Waals surface area contributed by atoms with Gasteiger partial charge in [0.1, 0.15) is 17.6 Å². The number of ether oxygens (including phenoxy) is 1. The zero-order valence-corrected chi connectivity index (χ0v) is 20.2. The summed E-state index contributed by atoms with van der Waals surface area (Å²) in [6, 6.07) is 10.2. The predicted octanol–water partition coefficient (Wildman–Crippen LogP) is 5.20. The molecule has 0 aliphatic carbocycles. The lowest BCUT2D eigenvalue weighted by Crippen LogP contribution is -2.50. The average molecular weight is 514 g/mol. The molecule has 31 heavy (non-hydrogen) atoms. The Bertz CT molecular complexity index is 893. The van der Waals surface area contributed by atoms with Crippen LogP contribution in [-0.2, 0) is 16.1 Å².